The normalized spacial score (nSPS) is 27.9. The molecule has 1 saturated carbocycles. The number of nitrogens with one attached hydrogen (secondary N) is 1. The zero-order chi connectivity index (χ0) is 18.7. The van der Waals surface area contributed by atoms with Gasteiger partial charge in [-0.3, -0.25) is 0 Å². The Kier molecular flexibility index (Phi) is 6.17. The van der Waals surface area contributed by atoms with Crippen LogP contribution in [-0.2, 0) is 10.0 Å². The van der Waals surface area contributed by atoms with E-state index in [4.69, 9.17) is 0 Å². The average Bonchev–Trinajstić information content (AvgIpc) is 3.08. The van der Waals surface area contributed by atoms with Crippen molar-refractivity contribution < 1.29 is 13.5 Å². The fourth-order valence-corrected chi connectivity index (χ4v) is 5.89. The lowest BCUT2D eigenvalue weighted by atomic mass is 9.77. The van der Waals surface area contributed by atoms with Crippen LogP contribution in [0.5, 0.6) is 0 Å². The highest BCUT2D eigenvalue weighted by Gasteiger charge is 2.52. The standard InChI is InChI=1S/C20H30N2O3S/c1-3-6-15-9-11-16(12-10-15)20-18(13-21-17-7-4-5-8-17)22(19(20)14-23)26(2,24)25/h3,6,9-12,17-21,23H,4-5,7-8,13-14H2,1-2H3/b6-3+/t18-,19+,20+/m0/s1. The number of nitrogens with zero attached hydrogens (tertiary/aromatic N) is 1. The average molecular weight is 379 g/mol. The van der Waals surface area contributed by atoms with E-state index in [9.17, 15) is 13.5 Å². The fourth-order valence-electron chi connectivity index (χ4n) is 4.50. The third-order valence-electron chi connectivity index (χ3n) is 5.70. The van der Waals surface area contributed by atoms with Gasteiger partial charge in [0.1, 0.15) is 0 Å². The lowest BCUT2D eigenvalue weighted by molar-refractivity contribution is 0.0280. The first kappa shape index (κ1) is 19.5. The number of aliphatic hydroxyl groups excluding tert-OH is 1. The molecule has 1 aromatic carbocycles. The zero-order valence-corrected chi connectivity index (χ0v) is 16.5. The van der Waals surface area contributed by atoms with E-state index in [2.05, 4.69) is 17.4 Å². The lowest BCUT2D eigenvalue weighted by Gasteiger charge is -2.53. The van der Waals surface area contributed by atoms with Crippen molar-refractivity contribution in [2.75, 3.05) is 19.4 Å². The molecular weight excluding hydrogens is 348 g/mol. The molecule has 26 heavy (non-hydrogen) atoms. The van der Waals surface area contributed by atoms with Crippen molar-refractivity contribution in [3.8, 4) is 0 Å². The Balaban J connectivity index is 1.81. The number of rotatable bonds is 7. The van der Waals surface area contributed by atoms with Crippen LogP contribution in [-0.4, -0.2) is 55.4 Å². The summed E-state index contributed by atoms with van der Waals surface area (Å²) in [5.41, 5.74) is 2.21. The number of benzene rings is 1. The molecule has 0 bridgehead atoms. The summed E-state index contributed by atoms with van der Waals surface area (Å²) in [5.74, 6) is 0.0169. The molecule has 5 nitrogen and oxygen atoms in total. The molecule has 1 aliphatic heterocycles. The highest BCUT2D eigenvalue weighted by molar-refractivity contribution is 7.88. The Morgan fingerprint density at radius 1 is 1.19 bits per heavy atom. The molecule has 3 atom stereocenters. The second kappa shape index (κ2) is 8.21. The van der Waals surface area contributed by atoms with Gasteiger partial charge < -0.3 is 10.4 Å². The fraction of sp³-hybridized carbons (Fsp3) is 0.600. The molecule has 1 aliphatic carbocycles. The van der Waals surface area contributed by atoms with Crippen LogP contribution in [0.2, 0.25) is 0 Å². The summed E-state index contributed by atoms with van der Waals surface area (Å²) in [5, 5.41) is 13.4. The van der Waals surface area contributed by atoms with E-state index in [1.165, 1.54) is 23.4 Å². The molecule has 2 fully saturated rings. The first-order valence-electron chi connectivity index (χ1n) is 9.51. The zero-order valence-electron chi connectivity index (χ0n) is 15.6. The van der Waals surface area contributed by atoms with Gasteiger partial charge in [-0.15, -0.1) is 0 Å². The summed E-state index contributed by atoms with van der Waals surface area (Å²) in [6.07, 6.45) is 10.1. The van der Waals surface area contributed by atoms with E-state index in [1.807, 2.05) is 31.2 Å². The Morgan fingerprint density at radius 2 is 1.85 bits per heavy atom. The molecular formula is C20H30N2O3S. The molecule has 0 aromatic heterocycles. The van der Waals surface area contributed by atoms with Crippen LogP contribution in [0.15, 0.2) is 30.3 Å². The van der Waals surface area contributed by atoms with Gasteiger partial charge >= 0.3 is 0 Å². The van der Waals surface area contributed by atoms with Gasteiger partial charge in [-0.25, -0.2) is 8.42 Å². The topological polar surface area (TPSA) is 69.6 Å². The summed E-state index contributed by atoms with van der Waals surface area (Å²) < 4.78 is 26.1. The summed E-state index contributed by atoms with van der Waals surface area (Å²) in [6, 6.07) is 8.18. The summed E-state index contributed by atoms with van der Waals surface area (Å²) >= 11 is 0. The first-order chi connectivity index (χ1) is 12.5. The number of aliphatic hydroxyl groups is 1. The maximum Gasteiger partial charge on any atom is 0.211 e. The number of sulfonamides is 1. The molecule has 2 N–H and O–H groups in total. The predicted molar refractivity (Wildman–Crippen MR) is 105 cm³/mol. The monoisotopic (exact) mass is 378 g/mol. The van der Waals surface area contributed by atoms with Gasteiger partial charge in [0, 0.05) is 24.5 Å². The smallest absolute Gasteiger partial charge is 0.211 e. The van der Waals surface area contributed by atoms with Crippen LogP contribution in [0.3, 0.4) is 0 Å². The molecule has 3 rings (SSSR count). The first-order valence-corrected chi connectivity index (χ1v) is 11.4. The van der Waals surface area contributed by atoms with Crippen LogP contribution < -0.4 is 5.32 Å². The van der Waals surface area contributed by atoms with E-state index in [0.29, 0.717) is 12.6 Å². The highest BCUT2D eigenvalue weighted by atomic mass is 32.2. The van der Waals surface area contributed by atoms with Crippen LogP contribution in [0.1, 0.15) is 49.7 Å². The second-order valence-corrected chi connectivity index (χ2v) is 9.38. The van der Waals surface area contributed by atoms with Crippen molar-refractivity contribution >= 4 is 16.1 Å². The second-order valence-electron chi connectivity index (χ2n) is 7.49. The van der Waals surface area contributed by atoms with Gasteiger partial charge in [0.2, 0.25) is 10.0 Å². The van der Waals surface area contributed by atoms with Crippen molar-refractivity contribution in [1.82, 2.24) is 9.62 Å². The van der Waals surface area contributed by atoms with E-state index >= 15 is 0 Å². The molecule has 0 radical (unpaired) electrons. The Hall–Kier alpha value is -1.21. The van der Waals surface area contributed by atoms with Gasteiger partial charge in [0.05, 0.1) is 18.9 Å². The minimum atomic E-state index is -3.36. The van der Waals surface area contributed by atoms with Crippen molar-refractivity contribution in [3.05, 3.63) is 41.5 Å². The number of hydrogen-bond acceptors (Lipinski definition) is 4. The van der Waals surface area contributed by atoms with Gasteiger partial charge in [0.15, 0.2) is 0 Å². The Labute approximate surface area is 157 Å². The molecule has 1 saturated heterocycles. The molecule has 144 valence electrons. The number of hydrogen-bond donors (Lipinski definition) is 2. The van der Waals surface area contributed by atoms with Crippen LogP contribution in [0, 0.1) is 0 Å². The van der Waals surface area contributed by atoms with Crippen molar-refractivity contribution in [2.45, 2.75) is 56.7 Å². The minimum Gasteiger partial charge on any atom is -0.395 e. The summed E-state index contributed by atoms with van der Waals surface area (Å²) in [6.45, 7) is 2.46. The Morgan fingerprint density at radius 3 is 2.38 bits per heavy atom. The van der Waals surface area contributed by atoms with E-state index in [1.54, 1.807) is 0 Å². The van der Waals surface area contributed by atoms with Crippen molar-refractivity contribution in [3.63, 3.8) is 0 Å². The van der Waals surface area contributed by atoms with Crippen LogP contribution in [0.25, 0.3) is 6.08 Å². The third-order valence-corrected chi connectivity index (χ3v) is 7.01. The van der Waals surface area contributed by atoms with Crippen LogP contribution >= 0.6 is 0 Å². The van der Waals surface area contributed by atoms with Gasteiger partial charge in [-0.2, -0.15) is 4.31 Å². The maximum atomic E-state index is 12.3. The van der Waals surface area contributed by atoms with E-state index in [-0.39, 0.29) is 24.6 Å². The minimum absolute atomic E-state index is 0.0169. The largest absolute Gasteiger partial charge is 0.395 e. The van der Waals surface area contributed by atoms with Gasteiger partial charge in [0.25, 0.3) is 0 Å². The van der Waals surface area contributed by atoms with Gasteiger partial charge in [-0.1, -0.05) is 49.3 Å². The summed E-state index contributed by atoms with van der Waals surface area (Å²) in [4.78, 5) is 0. The lowest BCUT2D eigenvalue weighted by Crippen LogP contribution is -2.68. The van der Waals surface area contributed by atoms with Crippen molar-refractivity contribution in [2.24, 2.45) is 0 Å². The highest BCUT2D eigenvalue weighted by Crippen LogP contribution is 2.42. The molecule has 6 heteroatoms. The molecule has 2 aliphatic rings. The quantitative estimate of drug-likeness (QED) is 0.764. The van der Waals surface area contributed by atoms with Gasteiger partial charge in [-0.05, 0) is 30.9 Å². The molecule has 0 spiro atoms. The SMILES string of the molecule is C/C=C/c1ccc([C@H]2[C@@H](CO)N(S(C)(=O)=O)[C@H]2CNC2CCCC2)cc1. The molecule has 1 heterocycles. The predicted octanol–water partition coefficient (Wildman–Crippen LogP) is 2.34. The maximum absolute atomic E-state index is 12.3. The van der Waals surface area contributed by atoms with Crippen LogP contribution in [0.4, 0.5) is 0 Å². The van der Waals surface area contributed by atoms with E-state index in [0.717, 1.165) is 24.0 Å². The van der Waals surface area contributed by atoms with Crippen molar-refractivity contribution in [1.29, 1.82) is 0 Å². The number of allylic oxidation sites excluding steroid dienone is 1. The molecule has 0 unspecified atom stereocenters. The Bertz CT molecular complexity index is 724. The molecule has 0 amide bonds. The summed E-state index contributed by atoms with van der Waals surface area (Å²) in [7, 11) is -3.36. The third kappa shape index (κ3) is 4.03. The van der Waals surface area contributed by atoms with E-state index < -0.39 is 10.0 Å². The molecule has 1 aromatic rings.